The van der Waals surface area contributed by atoms with Gasteiger partial charge in [-0.25, -0.2) is 0 Å². The number of hydrogen-bond acceptors (Lipinski definition) is 1. The van der Waals surface area contributed by atoms with Gasteiger partial charge >= 0.3 is 0 Å². The zero-order valence-corrected chi connectivity index (χ0v) is 12.7. The summed E-state index contributed by atoms with van der Waals surface area (Å²) in [6.45, 7) is 11.3. The summed E-state index contributed by atoms with van der Waals surface area (Å²) < 4.78 is 0. The van der Waals surface area contributed by atoms with Gasteiger partial charge < -0.3 is 0 Å². The maximum Gasteiger partial charge on any atom is 0.165 e. The van der Waals surface area contributed by atoms with Gasteiger partial charge in [-0.15, -0.1) is 0 Å². The third-order valence-corrected chi connectivity index (χ3v) is 4.70. The number of Topliss-reactive ketones (excluding diaryl/α,β-unsaturated/α-hetero) is 1. The van der Waals surface area contributed by atoms with Crippen LogP contribution in [0.3, 0.4) is 0 Å². The van der Waals surface area contributed by atoms with Gasteiger partial charge in [-0.3, -0.25) is 4.79 Å². The van der Waals surface area contributed by atoms with Crippen LogP contribution in [0.5, 0.6) is 0 Å². The van der Waals surface area contributed by atoms with Crippen molar-refractivity contribution in [1.29, 1.82) is 0 Å². The second-order valence-electron chi connectivity index (χ2n) is 6.35. The van der Waals surface area contributed by atoms with Gasteiger partial charge in [-0.1, -0.05) is 63.8 Å². The molecule has 0 amide bonds. The summed E-state index contributed by atoms with van der Waals surface area (Å²) >= 11 is 0. The standard InChI is InChI=1S/C15H24OSi/c1-12(2)14(11-17(3,4)5)15(16)13-9-7-6-8-10-13/h6-10,12,14H,11H2,1-5H3. The monoisotopic (exact) mass is 248 g/mol. The van der Waals surface area contributed by atoms with E-state index in [9.17, 15) is 4.79 Å². The Bertz CT molecular complexity index is 362. The molecule has 0 saturated carbocycles. The Labute approximate surface area is 106 Å². The summed E-state index contributed by atoms with van der Waals surface area (Å²) in [7, 11) is -1.20. The highest BCUT2D eigenvalue weighted by molar-refractivity contribution is 6.76. The highest BCUT2D eigenvalue weighted by Crippen LogP contribution is 2.27. The fraction of sp³-hybridized carbons (Fsp3) is 0.533. The predicted octanol–water partition coefficient (Wildman–Crippen LogP) is 4.48. The highest BCUT2D eigenvalue weighted by Gasteiger charge is 2.28. The highest BCUT2D eigenvalue weighted by atomic mass is 28.3. The van der Waals surface area contributed by atoms with Crippen LogP contribution in [0.2, 0.25) is 25.7 Å². The van der Waals surface area contributed by atoms with E-state index < -0.39 is 8.07 Å². The predicted molar refractivity (Wildman–Crippen MR) is 77.3 cm³/mol. The maximum absolute atomic E-state index is 12.5. The van der Waals surface area contributed by atoms with Gasteiger partial charge in [0.05, 0.1) is 0 Å². The Hall–Kier alpha value is -0.893. The lowest BCUT2D eigenvalue weighted by Crippen LogP contribution is -2.31. The molecule has 0 heterocycles. The van der Waals surface area contributed by atoms with Gasteiger partial charge in [-0.2, -0.15) is 0 Å². The summed E-state index contributed by atoms with van der Waals surface area (Å²) in [6, 6.07) is 10.8. The Morgan fingerprint density at radius 2 is 1.65 bits per heavy atom. The molecular formula is C15H24OSi. The molecule has 0 aliphatic rings. The minimum Gasteiger partial charge on any atom is -0.294 e. The van der Waals surface area contributed by atoms with Crippen LogP contribution < -0.4 is 0 Å². The van der Waals surface area contributed by atoms with Gasteiger partial charge in [0.2, 0.25) is 0 Å². The molecule has 1 nitrogen and oxygen atoms in total. The van der Waals surface area contributed by atoms with E-state index in [4.69, 9.17) is 0 Å². The van der Waals surface area contributed by atoms with Crippen molar-refractivity contribution in [1.82, 2.24) is 0 Å². The van der Waals surface area contributed by atoms with Crippen LogP contribution in [0.1, 0.15) is 24.2 Å². The lowest BCUT2D eigenvalue weighted by atomic mass is 9.89. The van der Waals surface area contributed by atoms with Crippen molar-refractivity contribution in [2.75, 3.05) is 0 Å². The zero-order chi connectivity index (χ0) is 13.1. The maximum atomic E-state index is 12.5. The SMILES string of the molecule is CC(C)C(C[Si](C)(C)C)C(=O)c1ccccc1. The second-order valence-corrected chi connectivity index (χ2v) is 11.9. The Kier molecular flexibility index (Phi) is 4.69. The topological polar surface area (TPSA) is 17.1 Å². The largest absolute Gasteiger partial charge is 0.294 e. The number of hydrogen-bond donors (Lipinski definition) is 0. The molecule has 0 radical (unpaired) electrons. The van der Waals surface area contributed by atoms with Gasteiger partial charge in [0.25, 0.3) is 0 Å². The lowest BCUT2D eigenvalue weighted by Gasteiger charge is -2.26. The molecular weight excluding hydrogens is 224 g/mol. The van der Waals surface area contributed by atoms with Crippen LogP contribution in [0, 0.1) is 11.8 Å². The van der Waals surface area contributed by atoms with Crippen LogP contribution in [-0.4, -0.2) is 13.9 Å². The molecule has 0 fully saturated rings. The molecule has 0 spiro atoms. The molecule has 0 bridgehead atoms. The van der Waals surface area contributed by atoms with E-state index in [0.29, 0.717) is 11.7 Å². The quantitative estimate of drug-likeness (QED) is 0.554. The average Bonchev–Trinajstić information content (AvgIpc) is 2.25. The Morgan fingerprint density at radius 3 is 2.06 bits per heavy atom. The second kappa shape index (κ2) is 5.63. The number of rotatable bonds is 5. The van der Waals surface area contributed by atoms with Crippen LogP contribution in [-0.2, 0) is 0 Å². The molecule has 1 aromatic carbocycles. The van der Waals surface area contributed by atoms with E-state index >= 15 is 0 Å². The van der Waals surface area contributed by atoms with Crippen molar-refractivity contribution < 1.29 is 4.79 Å². The number of carbonyl (C=O) groups excluding carboxylic acids is 1. The molecule has 0 N–H and O–H groups in total. The summed E-state index contributed by atoms with van der Waals surface area (Å²) in [5.41, 5.74) is 0.865. The van der Waals surface area contributed by atoms with Crippen molar-refractivity contribution >= 4 is 13.9 Å². The molecule has 0 aliphatic heterocycles. The molecule has 0 aliphatic carbocycles. The minimum atomic E-state index is -1.20. The van der Waals surface area contributed by atoms with E-state index in [-0.39, 0.29) is 5.92 Å². The molecule has 94 valence electrons. The molecule has 2 heteroatoms. The number of benzene rings is 1. The molecule has 1 rings (SSSR count). The number of carbonyl (C=O) groups is 1. The van der Waals surface area contributed by atoms with Crippen molar-refractivity contribution in [2.24, 2.45) is 11.8 Å². The normalized spacial score (nSPS) is 13.8. The third-order valence-electron chi connectivity index (χ3n) is 3.03. The fourth-order valence-electron chi connectivity index (χ4n) is 2.11. The van der Waals surface area contributed by atoms with Crippen LogP contribution >= 0.6 is 0 Å². The van der Waals surface area contributed by atoms with E-state index in [1.165, 1.54) is 0 Å². The first kappa shape index (κ1) is 14.2. The molecule has 0 saturated heterocycles. The zero-order valence-electron chi connectivity index (χ0n) is 11.7. The first-order valence-corrected chi connectivity index (χ1v) is 10.1. The smallest absolute Gasteiger partial charge is 0.165 e. The van der Waals surface area contributed by atoms with Gasteiger partial charge in [0.15, 0.2) is 5.78 Å². The summed E-state index contributed by atoms with van der Waals surface area (Å²) in [6.07, 6.45) is 0. The van der Waals surface area contributed by atoms with Gasteiger partial charge in [-0.05, 0) is 12.0 Å². The molecule has 1 aromatic rings. The van der Waals surface area contributed by atoms with Crippen LogP contribution in [0.15, 0.2) is 30.3 Å². The summed E-state index contributed by atoms with van der Waals surface area (Å²) in [4.78, 5) is 12.5. The lowest BCUT2D eigenvalue weighted by molar-refractivity contribution is 0.0898. The van der Waals surface area contributed by atoms with Crippen molar-refractivity contribution in [3.63, 3.8) is 0 Å². The molecule has 1 unspecified atom stereocenters. The van der Waals surface area contributed by atoms with E-state index in [1.54, 1.807) is 0 Å². The molecule has 1 atom stereocenters. The number of ketones is 1. The van der Waals surface area contributed by atoms with Crippen LogP contribution in [0.4, 0.5) is 0 Å². The first-order valence-electron chi connectivity index (χ1n) is 6.40. The Morgan fingerprint density at radius 1 is 1.12 bits per heavy atom. The van der Waals surface area contributed by atoms with Crippen molar-refractivity contribution in [3.8, 4) is 0 Å². The Balaban J connectivity index is 2.89. The summed E-state index contributed by atoms with van der Waals surface area (Å²) in [5, 5.41) is 0. The van der Waals surface area contributed by atoms with Crippen molar-refractivity contribution in [3.05, 3.63) is 35.9 Å². The minimum absolute atomic E-state index is 0.184. The van der Waals surface area contributed by atoms with E-state index in [0.717, 1.165) is 11.6 Å². The average molecular weight is 248 g/mol. The van der Waals surface area contributed by atoms with E-state index in [2.05, 4.69) is 33.5 Å². The molecule has 17 heavy (non-hydrogen) atoms. The van der Waals surface area contributed by atoms with Crippen LogP contribution in [0.25, 0.3) is 0 Å². The van der Waals surface area contributed by atoms with Gasteiger partial charge in [0, 0.05) is 19.6 Å². The van der Waals surface area contributed by atoms with E-state index in [1.807, 2.05) is 30.3 Å². The third kappa shape index (κ3) is 4.47. The fourth-order valence-corrected chi connectivity index (χ4v) is 4.08. The summed E-state index contributed by atoms with van der Waals surface area (Å²) in [5.74, 6) is 0.932. The molecule has 0 aromatic heterocycles. The van der Waals surface area contributed by atoms with Crippen molar-refractivity contribution in [2.45, 2.75) is 39.5 Å². The first-order chi connectivity index (χ1) is 7.81. The van der Waals surface area contributed by atoms with Gasteiger partial charge in [0.1, 0.15) is 0 Å².